The number of hydroxylamine groups is 1. The standard InChI is InChI=1S/C16H14Cl2FN3O3/c1-3-6-25-22-16(23)14-12(18)10(20)7-11(21-14)8-4-5-9(17)15(24-2)13(8)19/h3-5,7H,1,6H2,2H3,(H2,20,21)(H,22,23). The highest BCUT2D eigenvalue weighted by molar-refractivity contribution is 6.36. The third kappa shape index (κ3) is 4.01. The van der Waals surface area contributed by atoms with Crippen LogP contribution < -0.4 is 16.0 Å². The molecular weight excluding hydrogens is 372 g/mol. The molecule has 0 radical (unpaired) electrons. The van der Waals surface area contributed by atoms with Crippen LogP contribution >= 0.6 is 23.2 Å². The van der Waals surface area contributed by atoms with Gasteiger partial charge in [-0.25, -0.2) is 14.9 Å². The molecule has 0 bridgehead atoms. The molecule has 6 nitrogen and oxygen atoms in total. The topological polar surface area (TPSA) is 86.5 Å². The van der Waals surface area contributed by atoms with Crippen molar-refractivity contribution in [1.82, 2.24) is 10.5 Å². The van der Waals surface area contributed by atoms with Gasteiger partial charge in [0.15, 0.2) is 17.3 Å². The van der Waals surface area contributed by atoms with Gasteiger partial charge in [0.2, 0.25) is 0 Å². The lowest BCUT2D eigenvalue weighted by molar-refractivity contribution is 0.0417. The molecule has 9 heteroatoms. The summed E-state index contributed by atoms with van der Waals surface area (Å²) in [7, 11) is 1.29. The normalized spacial score (nSPS) is 10.4. The molecule has 25 heavy (non-hydrogen) atoms. The number of nitrogens with two attached hydrogens (primary N) is 1. The van der Waals surface area contributed by atoms with Gasteiger partial charge in [0.05, 0.1) is 35.1 Å². The molecule has 0 fully saturated rings. The third-order valence-corrected chi connectivity index (χ3v) is 3.79. The second-order valence-corrected chi connectivity index (χ2v) is 5.52. The van der Waals surface area contributed by atoms with Crippen LogP contribution in [0.3, 0.4) is 0 Å². The number of anilines is 1. The van der Waals surface area contributed by atoms with Gasteiger partial charge in [-0.1, -0.05) is 29.3 Å². The molecule has 1 amide bonds. The van der Waals surface area contributed by atoms with Crippen LogP contribution in [0, 0.1) is 5.82 Å². The number of halogens is 3. The number of aromatic nitrogens is 1. The molecule has 2 aromatic rings. The second kappa shape index (κ2) is 8.15. The van der Waals surface area contributed by atoms with Crippen LogP contribution in [0.15, 0.2) is 30.9 Å². The van der Waals surface area contributed by atoms with E-state index in [2.05, 4.69) is 17.0 Å². The number of hydrogen-bond acceptors (Lipinski definition) is 5. The van der Waals surface area contributed by atoms with Gasteiger partial charge in [-0.15, -0.1) is 6.58 Å². The molecule has 132 valence electrons. The Hall–Kier alpha value is -2.35. The fraction of sp³-hybridized carbons (Fsp3) is 0.125. The Morgan fingerprint density at radius 2 is 2.20 bits per heavy atom. The van der Waals surface area contributed by atoms with Crippen LogP contribution in [0.2, 0.25) is 10.0 Å². The van der Waals surface area contributed by atoms with E-state index < -0.39 is 11.7 Å². The number of pyridine rings is 1. The number of rotatable bonds is 6. The van der Waals surface area contributed by atoms with E-state index in [-0.39, 0.29) is 45.0 Å². The number of carbonyl (C=O) groups is 1. The number of nitrogen functional groups attached to an aromatic ring is 1. The number of methoxy groups -OCH3 is 1. The highest BCUT2D eigenvalue weighted by Gasteiger charge is 2.21. The molecule has 1 aromatic heterocycles. The first kappa shape index (κ1) is 19.0. The predicted molar refractivity (Wildman–Crippen MR) is 94.2 cm³/mol. The lowest BCUT2D eigenvalue weighted by atomic mass is 10.1. The van der Waals surface area contributed by atoms with E-state index in [0.29, 0.717) is 0 Å². The van der Waals surface area contributed by atoms with Crippen molar-refractivity contribution in [2.45, 2.75) is 0 Å². The van der Waals surface area contributed by atoms with Crippen LogP contribution in [0.25, 0.3) is 11.3 Å². The van der Waals surface area contributed by atoms with Gasteiger partial charge in [-0.3, -0.25) is 9.63 Å². The maximum absolute atomic E-state index is 14.6. The zero-order chi connectivity index (χ0) is 18.6. The fourth-order valence-electron chi connectivity index (χ4n) is 1.97. The van der Waals surface area contributed by atoms with Crippen LogP contribution in [0.1, 0.15) is 10.5 Å². The lowest BCUT2D eigenvalue weighted by Crippen LogP contribution is -2.25. The van der Waals surface area contributed by atoms with E-state index in [4.69, 9.17) is 38.5 Å². The monoisotopic (exact) mass is 385 g/mol. The summed E-state index contributed by atoms with van der Waals surface area (Å²) in [4.78, 5) is 21.1. The molecule has 0 unspecified atom stereocenters. The number of hydrogen-bond donors (Lipinski definition) is 2. The highest BCUT2D eigenvalue weighted by Crippen LogP contribution is 2.36. The minimum atomic E-state index is -0.738. The maximum atomic E-state index is 14.6. The van der Waals surface area contributed by atoms with Gasteiger partial charge >= 0.3 is 0 Å². The summed E-state index contributed by atoms with van der Waals surface area (Å²) in [5.74, 6) is -1.62. The summed E-state index contributed by atoms with van der Waals surface area (Å²) in [5, 5.41) is 0.0197. The molecule has 0 aliphatic rings. The number of ether oxygens (including phenoxy) is 1. The zero-order valence-electron chi connectivity index (χ0n) is 13.1. The Labute approximate surface area is 153 Å². The molecule has 0 saturated heterocycles. The van der Waals surface area contributed by atoms with Crippen molar-refractivity contribution >= 4 is 34.8 Å². The van der Waals surface area contributed by atoms with Gasteiger partial charge in [-0.2, -0.15) is 0 Å². The molecule has 0 aliphatic heterocycles. The van der Waals surface area contributed by atoms with Gasteiger partial charge in [-0.05, 0) is 18.2 Å². The molecule has 0 aliphatic carbocycles. The van der Waals surface area contributed by atoms with Crippen molar-refractivity contribution in [1.29, 1.82) is 0 Å². The smallest absolute Gasteiger partial charge is 0.295 e. The lowest BCUT2D eigenvalue weighted by Gasteiger charge is -2.12. The first-order valence-electron chi connectivity index (χ1n) is 6.92. The van der Waals surface area contributed by atoms with E-state index in [1.807, 2.05) is 0 Å². The molecule has 0 spiro atoms. The summed E-state index contributed by atoms with van der Waals surface area (Å²) in [6.07, 6.45) is 1.44. The summed E-state index contributed by atoms with van der Waals surface area (Å²) < 4.78 is 19.5. The Balaban J connectivity index is 2.50. The van der Waals surface area contributed by atoms with E-state index in [1.54, 1.807) is 0 Å². The van der Waals surface area contributed by atoms with Crippen molar-refractivity contribution in [3.8, 4) is 17.0 Å². The Morgan fingerprint density at radius 3 is 2.84 bits per heavy atom. The van der Waals surface area contributed by atoms with Gasteiger partial charge in [0.1, 0.15) is 0 Å². The molecule has 1 heterocycles. The van der Waals surface area contributed by atoms with E-state index >= 15 is 0 Å². The average Bonchev–Trinajstić information content (AvgIpc) is 2.58. The molecule has 3 N–H and O–H groups in total. The van der Waals surface area contributed by atoms with Crippen molar-refractivity contribution in [3.05, 3.63) is 52.4 Å². The Kier molecular flexibility index (Phi) is 6.19. The number of amides is 1. The first-order valence-corrected chi connectivity index (χ1v) is 7.67. The largest absolute Gasteiger partial charge is 0.492 e. The number of nitrogens with one attached hydrogen (secondary N) is 1. The summed E-state index contributed by atoms with van der Waals surface area (Å²) in [6.45, 7) is 3.53. The van der Waals surface area contributed by atoms with Crippen LogP contribution in [-0.4, -0.2) is 24.6 Å². The van der Waals surface area contributed by atoms with E-state index in [9.17, 15) is 9.18 Å². The van der Waals surface area contributed by atoms with Gasteiger partial charge < -0.3 is 10.5 Å². The Morgan fingerprint density at radius 1 is 1.48 bits per heavy atom. The van der Waals surface area contributed by atoms with Gasteiger partial charge in [0, 0.05) is 5.56 Å². The third-order valence-electron chi connectivity index (χ3n) is 3.10. The van der Waals surface area contributed by atoms with Crippen LogP contribution in [0.4, 0.5) is 10.1 Å². The van der Waals surface area contributed by atoms with E-state index in [1.165, 1.54) is 31.4 Å². The molecule has 1 aromatic carbocycles. The SMILES string of the molecule is C=CCONC(=O)c1nc(-c2ccc(Cl)c(OC)c2F)cc(N)c1Cl. The summed E-state index contributed by atoms with van der Waals surface area (Å²) in [5.41, 5.74) is 7.92. The van der Waals surface area contributed by atoms with Crippen molar-refractivity contribution in [2.24, 2.45) is 0 Å². The fourth-order valence-corrected chi connectivity index (χ4v) is 2.38. The summed E-state index contributed by atoms with van der Waals surface area (Å²) >= 11 is 11.9. The van der Waals surface area contributed by atoms with E-state index in [0.717, 1.165) is 0 Å². The summed E-state index contributed by atoms with van der Waals surface area (Å²) in [6, 6.07) is 4.18. The second-order valence-electron chi connectivity index (χ2n) is 4.73. The predicted octanol–water partition coefficient (Wildman–Crippen LogP) is 3.63. The minimum Gasteiger partial charge on any atom is -0.492 e. The maximum Gasteiger partial charge on any atom is 0.295 e. The van der Waals surface area contributed by atoms with Crippen molar-refractivity contribution < 1.29 is 18.8 Å². The molecule has 0 atom stereocenters. The number of nitrogens with zero attached hydrogens (tertiary/aromatic N) is 1. The zero-order valence-corrected chi connectivity index (χ0v) is 14.6. The quantitative estimate of drug-likeness (QED) is 0.450. The first-order chi connectivity index (χ1) is 11.9. The molecule has 2 rings (SSSR count). The number of carbonyl (C=O) groups excluding carboxylic acids is 1. The van der Waals surface area contributed by atoms with Gasteiger partial charge in [0.25, 0.3) is 5.91 Å². The molecular formula is C16H14Cl2FN3O3. The molecule has 0 saturated carbocycles. The Bertz CT molecular complexity index is 831. The van der Waals surface area contributed by atoms with Crippen molar-refractivity contribution in [3.63, 3.8) is 0 Å². The van der Waals surface area contributed by atoms with Crippen molar-refractivity contribution in [2.75, 3.05) is 19.5 Å². The van der Waals surface area contributed by atoms with Crippen LogP contribution in [0.5, 0.6) is 5.75 Å². The highest BCUT2D eigenvalue weighted by atomic mass is 35.5. The average molecular weight is 386 g/mol. The number of benzene rings is 1. The minimum absolute atomic E-state index is 0.0469. The van der Waals surface area contributed by atoms with Crippen LogP contribution in [-0.2, 0) is 4.84 Å².